The van der Waals surface area contributed by atoms with Gasteiger partial charge in [0.1, 0.15) is 5.82 Å². The molecule has 1 fully saturated rings. The second-order valence-corrected chi connectivity index (χ2v) is 8.90. The molecule has 1 N–H and O–H groups in total. The van der Waals surface area contributed by atoms with Crippen molar-refractivity contribution in [2.24, 2.45) is 0 Å². The molecule has 1 amide bonds. The van der Waals surface area contributed by atoms with Gasteiger partial charge in [-0.05, 0) is 74.2 Å². The first-order chi connectivity index (χ1) is 16.3. The smallest absolute Gasteiger partial charge is 0.354 e. The van der Waals surface area contributed by atoms with Crippen LogP contribution in [0.1, 0.15) is 56.6 Å². The minimum absolute atomic E-state index is 0.182. The Morgan fingerprint density at radius 3 is 2.44 bits per heavy atom. The summed E-state index contributed by atoms with van der Waals surface area (Å²) in [6.45, 7) is 3.10. The molecule has 1 heterocycles. The van der Waals surface area contributed by atoms with Gasteiger partial charge in [-0.3, -0.25) is 4.79 Å². The molecule has 1 aliphatic rings. The fraction of sp³-hybridized carbons (Fsp3) is 0.407. The minimum atomic E-state index is -4.35. The third kappa shape index (κ3) is 5.88. The molecule has 1 saturated carbocycles. The lowest BCUT2D eigenvalue weighted by Gasteiger charge is -2.34. The van der Waals surface area contributed by atoms with Crippen molar-refractivity contribution >= 4 is 28.3 Å². The molecule has 34 heavy (non-hydrogen) atoms. The molecule has 1 aliphatic carbocycles. The number of hydrogen-bond donors (Lipinski definition) is 1. The van der Waals surface area contributed by atoms with Gasteiger partial charge in [0, 0.05) is 30.1 Å². The molecule has 4 rings (SSSR count). The van der Waals surface area contributed by atoms with Crippen molar-refractivity contribution < 1.29 is 18.0 Å². The Labute approximate surface area is 198 Å². The van der Waals surface area contributed by atoms with Gasteiger partial charge in [0.25, 0.3) is 0 Å². The van der Waals surface area contributed by atoms with Crippen molar-refractivity contribution in [2.45, 2.75) is 64.1 Å². The lowest BCUT2D eigenvalue weighted by atomic mass is 9.94. The predicted octanol–water partition coefficient (Wildman–Crippen LogP) is 6.98. The highest BCUT2D eigenvalue weighted by atomic mass is 19.4. The molecule has 0 unspecified atom stereocenters. The number of nitrogens with one attached hydrogen (secondary N) is 1. The summed E-state index contributed by atoms with van der Waals surface area (Å²) in [6.07, 6.45) is 2.50. The van der Waals surface area contributed by atoms with Gasteiger partial charge in [-0.2, -0.15) is 13.2 Å². The molecular formula is C27H30F3N3O. The summed E-state index contributed by atoms with van der Waals surface area (Å²) in [5.74, 6) is 0.813. The van der Waals surface area contributed by atoms with Crippen LogP contribution in [-0.4, -0.2) is 23.5 Å². The Bertz CT molecular complexity index is 1120. The van der Waals surface area contributed by atoms with E-state index in [1.165, 1.54) is 44.2 Å². The summed E-state index contributed by atoms with van der Waals surface area (Å²) in [5, 5.41) is 3.83. The van der Waals surface area contributed by atoms with Crippen LogP contribution in [0, 0.1) is 0 Å². The number of aromatic nitrogens is 1. The zero-order valence-electron chi connectivity index (χ0n) is 19.4. The number of benzene rings is 2. The highest BCUT2D eigenvalue weighted by Gasteiger charge is 2.29. The molecule has 7 heteroatoms. The second kappa shape index (κ2) is 10.5. The maximum Gasteiger partial charge on any atom is 0.416 e. The molecule has 0 saturated heterocycles. The van der Waals surface area contributed by atoms with E-state index >= 15 is 0 Å². The van der Waals surface area contributed by atoms with Crippen molar-refractivity contribution in [1.82, 2.24) is 4.98 Å². The summed E-state index contributed by atoms with van der Waals surface area (Å²) in [6, 6.07) is 15.2. The molecular weight excluding hydrogens is 439 g/mol. The van der Waals surface area contributed by atoms with Crippen molar-refractivity contribution in [3.8, 4) is 0 Å². The van der Waals surface area contributed by atoms with Gasteiger partial charge in [-0.1, -0.05) is 31.4 Å². The average molecular weight is 470 g/mol. The van der Waals surface area contributed by atoms with Crippen LogP contribution in [0.15, 0.2) is 54.6 Å². The summed E-state index contributed by atoms with van der Waals surface area (Å²) < 4.78 is 38.0. The van der Waals surface area contributed by atoms with Crippen LogP contribution in [0.4, 0.5) is 24.7 Å². The van der Waals surface area contributed by atoms with Crippen LogP contribution in [0.25, 0.3) is 10.9 Å². The number of hydrogen-bond acceptors (Lipinski definition) is 3. The normalized spacial score (nSPS) is 14.8. The van der Waals surface area contributed by atoms with Crippen LogP contribution in [0.2, 0.25) is 0 Å². The lowest BCUT2D eigenvalue weighted by Crippen LogP contribution is -2.37. The molecule has 2 aromatic carbocycles. The maximum atomic E-state index is 12.7. The number of rotatable bonds is 7. The Hall–Kier alpha value is -3.09. The third-order valence-corrected chi connectivity index (χ3v) is 6.53. The van der Waals surface area contributed by atoms with Crippen LogP contribution >= 0.6 is 0 Å². The van der Waals surface area contributed by atoms with E-state index in [0.717, 1.165) is 35.4 Å². The highest BCUT2D eigenvalue weighted by molar-refractivity contribution is 5.94. The van der Waals surface area contributed by atoms with Gasteiger partial charge in [0.2, 0.25) is 5.91 Å². The van der Waals surface area contributed by atoms with E-state index < -0.39 is 11.7 Å². The fourth-order valence-corrected chi connectivity index (χ4v) is 4.69. The topological polar surface area (TPSA) is 45.2 Å². The highest BCUT2D eigenvalue weighted by Crippen LogP contribution is 2.30. The number of halogens is 3. The van der Waals surface area contributed by atoms with Gasteiger partial charge in [-0.15, -0.1) is 0 Å². The van der Waals surface area contributed by atoms with Crippen LogP contribution in [0.3, 0.4) is 0 Å². The zero-order chi connectivity index (χ0) is 24.1. The standard InChI is InChI=1S/C27H30F3N3O/c1-2-33(23-6-4-3-5-7-23)25-16-11-20-18-22(14-15-24(20)32-25)31-26(34)17-10-19-8-12-21(13-9-19)27(28,29)30/h8-9,11-16,18,23H,2-7,10,17H2,1H3,(H,31,34). The molecule has 1 aromatic heterocycles. The molecule has 4 nitrogen and oxygen atoms in total. The maximum absolute atomic E-state index is 12.7. The molecule has 0 bridgehead atoms. The van der Waals surface area contributed by atoms with E-state index in [0.29, 0.717) is 23.7 Å². The average Bonchev–Trinajstić information content (AvgIpc) is 2.84. The summed E-state index contributed by atoms with van der Waals surface area (Å²) in [4.78, 5) is 19.7. The molecule has 3 aromatic rings. The molecule has 0 radical (unpaired) electrons. The number of carbonyl (C=O) groups is 1. The van der Waals surface area contributed by atoms with E-state index in [1.807, 2.05) is 24.3 Å². The Morgan fingerprint density at radius 1 is 1.03 bits per heavy atom. The first-order valence-corrected chi connectivity index (χ1v) is 12.0. The van der Waals surface area contributed by atoms with Gasteiger partial charge >= 0.3 is 6.18 Å². The van der Waals surface area contributed by atoms with Crippen molar-refractivity contribution in [2.75, 3.05) is 16.8 Å². The SMILES string of the molecule is CCN(c1ccc2cc(NC(=O)CCc3ccc(C(F)(F)F)cc3)ccc2n1)C1CCCCC1. The number of fused-ring (bicyclic) bond motifs is 1. The van der Waals surface area contributed by atoms with Crippen LogP contribution < -0.4 is 10.2 Å². The zero-order valence-corrected chi connectivity index (χ0v) is 19.4. The first kappa shape index (κ1) is 24.0. The number of aryl methyl sites for hydroxylation is 1. The van der Waals surface area contributed by atoms with E-state index in [-0.39, 0.29) is 12.3 Å². The van der Waals surface area contributed by atoms with E-state index in [9.17, 15) is 18.0 Å². The predicted molar refractivity (Wildman–Crippen MR) is 130 cm³/mol. The van der Waals surface area contributed by atoms with Crippen LogP contribution in [0.5, 0.6) is 0 Å². The number of anilines is 2. The summed E-state index contributed by atoms with van der Waals surface area (Å²) in [7, 11) is 0. The van der Waals surface area contributed by atoms with Gasteiger partial charge in [-0.25, -0.2) is 4.98 Å². The number of amides is 1. The van der Waals surface area contributed by atoms with E-state index in [4.69, 9.17) is 4.98 Å². The molecule has 180 valence electrons. The van der Waals surface area contributed by atoms with Gasteiger partial charge < -0.3 is 10.2 Å². The van der Waals surface area contributed by atoms with Crippen LogP contribution in [-0.2, 0) is 17.4 Å². The number of pyridine rings is 1. The molecule has 0 spiro atoms. The number of carbonyl (C=O) groups excluding carboxylic acids is 1. The van der Waals surface area contributed by atoms with Crippen molar-refractivity contribution in [1.29, 1.82) is 0 Å². The van der Waals surface area contributed by atoms with Crippen molar-refractivity contribution in [3.05, 3.63) is 65.7 Å². The Kier molecular flexibility index (Phi) is 7.39. The van der Waals surface area contributed by atoms with Gasteiger partial charge in [0.05, 0.1) is 11.1 Å². The lowest BCUT2D eigenvalue weighted by molar-refractivity contribution is -0.137. The summed E-state index contributed by atoms with van der Waals surface area (Å²) >= 11 is 0. The number of nitrogens with zero attached hydrogens (tertiary/aromatic N) is 2. The number of alkyl halides is 3. The fourth-order valence-electron chi connectivity index (χ4n) is 4.69. The largest absolute Gasteiger partial charge is 0.416 e. The second-order valence-electron chi connectivity index (χ2n) is 8.90. The van der Waals surface area contributed by atoms with Gasteiger partial charge in [0.15, 0.2) is 0 Å². The monoisotopic (exact) mass is 469 g/mol. The van der Waals surface area contributed by atoms with E-state index in [1.54, 1.807) is 0 Å². The van der Waals surface area contributed by atoms with E-state index in [2.05, 4.69) is 23.2 Å². The first-order valence-electron chi connectivity index (χ1n) is 12.0. The third-order valence-electron chi connectivity index (χ3n) is 6.53. The Morgan fingerprint density at radius 2 is 1.76 bits per heavy atom. The van der Waals surface area contributed by atoms with Crippen molar-refractivity contribution in [3.63, 3.8) is 0 Å². The quantitative estimate of drug-likeness (QED) is 0.406. The Balaban J connectivity index is 1.37. The molecule has 0 atom stereocenters. The summed E-state index contributed by atoms with van der Waals surface area (Å²) in [5.41, 5.74) is 1.57. The molecule has 0 aliphatic heterocycles. The minimum Gasteiger partial charge on any atom is -0.354 e.